The van der Waals surface area contributed by atoms with Gasteiger partial charge in [-0.1, -0.05) is 38.4 Å². The van der Waals surface area contributed by atoms with E-state index in [1.165, 1.54) is 18.2 Å². The number of aliphatic hydroxyl groups excluding tert-OH is 2. The number of rotatable bonds is 8. The Morgan fingerprint density at radius 2 is 1.98 bits per heavy atom. The van der Waals surface area contributed by atoms with Crippen LogP contribution in [-0.4, -0.2) is 70.1 Å². The van der Waals surface area contributed by atoms with Gasteiger partial charge in [0.2, 0.25) is 0 Å². The summed E-state index contributed by atoms with van der Waals surface area (Å²) >= 11 is 6.42. The molecule has 2 aromatic rings. The van der Waals surface area contributed by atoms with Crippen LogP contribution in [0.15, 0.2) is 36.4 Å². The second-order valence-corrected chi connectivity index (χ2v) is 19.6. The van der Waals surface area contributed by atoms with E-state index in [4.69, 9.17) is 25.5 Å². The van der Waals surface area contributed by atoms with Crippen LogP contribution in [-0.2, 0) is 21.0 Å². The van der Waals surface area contributed by atoms with Crippen LogP contribution in [0.1, 0.15) is 67.9 Å². The third-order valence-electron chi connectivity index (χ3n) is 10.6. The van der Waals surface area contributed by atoms with Gasteiger partial charge in [-0.2, -0.15) is 0 Å². The molecule has 1 unspecified atom stereocenters. The minimum absolute atomic E-state index is 0.0192. The minimum Gasteiger partial charge on any atom is -0.490 e. The lowest BCUT2D eigenvalue weighted by molar-refractivity contribution is -0.0731. The maximum absolute atomic E-state index is 12.6. The van der Waals surface area contributed by atoms with Gasteiger partial charge in [-0.25, -0.2) is 4.79 Å². The molecule has 0 saturated heterocycles. The van der Waals surface area contributed by atoms with Crippen molar-refractivity contribution < 1.29 is 28.9 Å². The minimum atomic E-state index is -2.21. The summed E-state index contributed by atoms with van der Waals surface area (Å²) in [4.78, 5) is 15.0. The fourth-order valence-electron chi connectivity index (χ4n) is 6.97. The predicted octanol–water partition coefficient (Wildman–Crippen LogP) is 6.37. The van der Waals surface area contributed by atoms with Crippen molar-refractivity contribution in [3.8, 4) is 5.75 Å². The quantitative estimate of drug-likeness (QED) is 0.259. The van der Waals surface area contributed by atoms with Gasteiger partial charge in [0.25, 0.3) is 0 Å². The highest BCUT2D eigenvalue weighted by molar-refractivity contribution is 6.74. The summed E-state index contributed by atoms with van der Waals surface area (Å²) in [6.07, 6.45) is 3.60. The molecule has 3 aliphatic rings. The highest BCUT2D eigenvalue weighted by Crippen LogP contribution is 2.48. The molecule has 43 heavy (non-hydrogen) atoms. The second-order valence-electron chi connectivity index (χ2n) is 14.4. The van der Waals surface area contributed by atoms with Crippen LogP contribution in [0.3, 0.4) is 0 Å². The van der Waals surface area contributed by atoms with Crippen molar-refractivity contribution in [1.82, 2.24) is 0 Å². The fourth-order valence-corrected chi connectivity index (χ4v) is 8.53. The zero-order valence-corrected chi connectivity index (χ0v) is 28.2. The SMILES string of the molecule is COC(=O)c1ccc2c(c1)N(C[C@@H]1CC[C@H]1[C@@H](O[Si](C)(C)C(C)(C)C)[C@H](O)CO)CC1(CCCc3cc(Cl)ccc31)CO2. The molecule has 5 atom stereocenters. The average molecular weight is 630 g/mol. The molecule has 0 bridgehead atoms. The smallest absolute Gasteiger partial charge is 0.337 e. The Bertz CT molecular complexity index is 1330. The summed E-state index contributed by atoms with van der Waals surface area (Å²) < 4.78 is 18.5. The lowest BCUT2D eigenvalue weighted by atomic mass is 9.68. The summed E-state index contributed by atoms with van der Waals surface area (Å²) in [7, 11) is -0.809. The number of ether oxygens (including phenoxy) is 2. The van der Waals surface area contributed by atoms with Crippen LogP contribution in [0, 0.1) is 11.8 Å². The summed E-state index contributed by atoms with van der Waals surface area (Å²) in [6, 6.07) is 11.8. The van der Waals surface area contributed by atoms with E-state index in [0.29, 0.717) is 12.2 Å². The van der Waals surface area contributed by atoms with E-state index in [0.717, 1.165) is 61.7 Å². The van der Waals surface area contributed by atoms with Crippen molar-refractivity contribution in [3.63, 3.8) is 0 Å². The fraction of sp³-hybridized carbons (Fsp3) is 0.618. The molecule has 1 fully saturated rings. The van der Waals surface area contributed by atoms with Crippen molar-refractivity contribution in [2.45, 2.75) is 88.6 Å². The van der Waals surface area contributed by atoms with Crippen LogP contribution in [0.2, 0.25) is 23.2 Å². The van der Waals surface area contributed by atoms with Crippen molar-refractivity contribution in [3.05, 3.63) is 58.1 Å². The third-order valence-corrected chi connectivity index (χ3v) is 15.3. The summed E-state index contributed by atoms with van der Waals surface area (Å²) in [6.45, 7) is 12.7. The molecule has 0 radical (unpaired) electrons. The van der Waals surface area contributed by atoms with Gasteiger partial charge < -0.3 is 29.0 Å². The van der Waals surface area contributed by atoms with Gasteiger partial charge in [0.05, 0.1) is 37.7 Å². The molecule has 1 spiro atoms. The summed E-state index contributed by atoms with van der Waals surface area (Å²) in [5.41, 5.74) is 3.70. The molecule has 236 valence electrons. The van der Waals surface area contributed by atoms with Gasteiger partial charge in [-0.05, 0) is 104 Å². The summed E-state index contributed by atoms with van der Waals surface area (Å²) in [5, 5.41) is 21.8. The number of aryl methyl sites for hydroxylation is 1. The number of nitrogens with zero attached hydrogens (tertiary/aromatic N) is 1. The first-order chi connectivity index (χ1) is 20.3. The number of benzene rings is 2. The molecule has 2 N–H and O–H groups in total. The highest BCUT2D eigenvalue weighted by atomic mass is 35.5. The van der Waals surface area contributed by atoms with Crippen molar-refractivity contribution in [2.75, 3.05) is 38.3 Å². The maximum Gasteiger partial charge on any atom is 0.337 e. The topological polar surface area (TPSA) is 88.5 Å². The first kappa shape index (κ1) is 32.3. The monoisotopic (exact) mass is 629 g/mol. The Balaban J connectivity index is 1.50. The van der Waals surface area contributed by atoms with Crippen molar-refractivity contribution >= 4 is 31.6 Å². The average Bonchev–Trinajstić information content (AvgIpc) is 3.10. The molecule has 1 heterocycles. The molecule has 1 saturated carbocycles. The molecule has 5 rings (SSSR count). The molecule has 2 aromatic carbocycles. The predicted molar refractivity (Wildman–Crippen MR) is 173 cm³/mol. The van der Waals surface area contributed by atoms with Crippen molar-refractivity contribution in [2.24, 2.45) is 11.8 Å². The van der Waals surface area contributed by atoms with Gasteiger partial charge in [-0.3, -0.25) is 0 Å². The largest absolute Gasteiger partial charge is 0.490 e. The van der Waals surface area contributed by atoms with E-state index in [1.807, 2.05) is 18.2 Å². The van der Waals surface area contributed by atoms with Gasteiger partial charge in [-0.15, -0.1) is 0 Å². The van der Waals surface area contributed by atoms with Crippen LogP contribution in [0.5, 0.6) is 5.75 Å². The van der Waals surface area contributed by atoms with E-state index in [9.17, 15) is 15.0 Å². The zero-order chi connectivity index (χ0) is 31.2. The Hall–Kier alpha value is -2.10. The normalized spacial score (nSPS) is 25.1. The highest BCUT2D eigenvalue weighted by Gasteiger charge is 2.48. The van der Waals surface area contributed by atoms with Crippen LogP contribution in [0.4, 0.5) is 5.69 Å². The van der Waals surface area contributed by atoms with Crippen LogP contribution >= 0.6 is 11.6 Å². The molecule has 0 amide bonds. The molecule has 2 aliphatic carbocycles. The van der Waals surface area contributed by atoms with E-state index in [2.05, 4.69) is 50.9 Å². The number of esters is 1. The lowest BCUT2D eigenvalue weighted by Crippen LogP contribution is -2.55. The first-order valence-electron chi connectivity index (χ1n) is 15.6. The maximum atomic E-state index is 12.6. The molecule has 0 aromatic heterocycles. The Morgan fingerprint density at radius 3 is 2.63 bits per heavy atom. The molecule has 1 aliphatic heterocycles. The van der Waals surface area contributed by atoms with Crippen LogP contribution < -0.4 is 9.64 Å². The first-order valence-corrected chi connectivity index (χ1v) is 18.9. The lowest BCUT2D eigenvalue weighted by Gasteiger charge is -2.50. The number of hydrogen-bond acceptors (Lipinski definition) is 7. The zero-order valence-electron chi connectivity index (χ0n) is 26.5. The number of carbonyl (C=O) groups is 1. The number of halogens is 1. The van der Waals surface area contributed by atoms with E-state index in [1.54, 1.807) is 6.07 Å². The van der Waals surface area contributed by atoms with Crippen molar-refractivity contribution in [1.29, 1.82) is 0 Å². The Morgan fingerprint density at radius 1 is 1.21 bits per heavy atom. The van der Waals surface area contributed by atoms with Gasteiger partial charge >= 0.3 is 5.97 Å². The van der Waals surface area contributed by atoms with Gasteiger partial charge in [0.1, 0.15) is 11.9 Å². The van der Waals surface area contributed by atoms with E-state index < -0.39 is 20.5 Å². The van der Waals surface area contributed by atoms with Gasteiger partial charge in [0.15, 0.2) is 8.32 Å². The standard InChI is InChI=1S/C34H48ClNO6Si/c1-33(2,3)43(5,6)42-31(29(38)19-37)26-12-9-24(26)18-36-20-34(15-7-8-22-16-25(35)11-13-27(22)34)21-41-30-14-10-23(17-28(30)36)32(39)40-4/h10-11,13-14,16-17,24,26,29,31,37-38H,7-9,12,15,18-21H2,1-6H3/t24-,26+,29+,31+,34?/m0/s1. The number of fused-ring (bicyclic) bond motifs is 3. The number of aliphatic hydroxyl groups is 2. The molecular weight excluding hydrogens is 582 g/mol. The Labute approximate surface area is 262 Å². The van der Waals surface area contributed by atoms with Gasteiger partial charge in [0, 0.05) is 23.5 Å². The van der Waals surface area contributed by atoms with E-state index >= 15 is 0 Å². The van der Waals surface area contributed by atoms with Crippen LogP contribution in [0.25, 0.3) is 0 Å². The second kappa shape index (κ2) is 12.4. The number of hydrogen-bond donors (Lipinski definition) is 2. The van der Waals surface area contributed by atoms with E-state index in [-0.39, 0.29) is 34.9 Å². The molecular formula is C34H48ClNO6Si. The summed E-state index contributed by atoms with van der Waals surface area (Å²) in [5.74, 6) is 0.732. The molecule has 7 nitrogen and oxygen atoms in total. The number of methoxy groups -OCH3 is 1. The Kier molecular flexibility index (Phi) is 9.28. The molecule has 9 heteroatoms. The third kappa shape index (κ3) is 6.36. The number of carbonyl (C=O) groups excluding carboxylic acids is 1. The number of anilines is 1.